The van der Waals surface area contributed by atoms with E-state index in [1.54, 1.807) is 0 Å². The van der Waals surface area contributed by atoms with E-state index in [1.807, 2.05) is 12.3 Å². The van der Waals surface area contributed by atoms with Crippen LogP contribution in [0.3, 0.4) is 0 Å². The topological polar surface area (TPSA) is 38.9 Å². The highest BCUT2D eigenvalue weighted by atomic mass is 16.3. The van der Waals surface area contributed by atoms with Gasteiger partial charge in [-0.25, -0.2) is 4.98 Å². The average Bonchev–Trinajstić information content (AvgIpc) is 3.81. The lowest BCUT2D eigenvalue weighted by Crippen LogP contribution is -1.92. The first kappa shape index (κ1) is 39.0. The molecule has 0 aliphatic rings. The molecular weight excluding hydrogens is 837 g/mol. The highest BCUT2D eigenvalue weighted by Crippen LogP contribution is 2.54. The SMILES string of the molecule is c1ccc2c(-c3oc(-c4ccc(-c5ccc(-c6ccc7ccc8cccnc8c7n6)c6ccccc56)c5ccccc45)c(-c4cccc5ccccc45)c3-c3cccc4ccccc34)cccc2c1. The molecule has 3 heteroatoms. The molecule has 0 saturated heterocycles. The fraction of sp³-hybridized carbons (Fsp3) is 0. The van der Waals surface area contributed by atoms with Gasteiger partial charge in [-0.05, 0) is 94.3 Å². The van der Waals surface area contributed by atoms with Gasteiger partial charge in [0.05, 0.1) is 16.7 Å². The quantitative estimate of drug-likeness (QED) is 0.156. The molecule has 0 saturated carbocycles. The summed E-state index contributed by atoms with van der Waals surface area (Å²) in [6.07, 6.45) is 1.85. The van der Waals surface area contributed by atoms with Gasteiger partial charge in [-0.2, -0.15) is 0 Å². The second-order valence-electron chi connectivity index (χ2n) is 17.9. The van der Waals surface area contributed by atoms with E-state index in [0.29, 0.717) is 0 Å². The Labute approximate surface area is 398 Å². The third-order valence-corrected chi connectivity index (χ3v) is 14.2. The van der Waals surface area contributed by atoms with Crippen LogP contribution in [0, 0.1) is 0 Å². The zero-order valence-electron chi connectivity index (χ0n) is 37.4. The molecule has 14 rings (SSSR count). The summed E-state index contributed by atoms with van der Waals surface area (Å²) < 4.78 is 7.67. The zero-order chi connectivity index (χ0) is 45.4. The van der Waals surface area contributed by atoms with Crippen molar-refractivity contribution in [2.24, 2.45) is 0 Å². The van der Waals surface area contributed by atoms with Crippen molar-refractivity contribution in [2.45, 2.75) is 0 Å². The van der Waals surface area contributed by atoms with Gasteiger partial charge in [0.15, 0.2) is 0 Å². The number of benzene rings is 11. The second kappa shape index (κ2) is 15.7. The van der Waals surface area contributed by atoms with Crippen LogP contribution in [0.25, 0.3) is 143 Å². The summed E-state index contributed by atoms with van der Waals surface area (Å²) >= 11 is 0. The van der Waals surface area contributed by atoms with Crippen molar-refractivity contribution in [1.82, 2.24) is 9.97 Å². The first-order chi connectivity index (χ1) is 34.2. The summed E-state index contributed by atoms with van der Waals surface area (Å²) in [7, 11) is 0. The average molecular weight is 877 g/mol. The van der Waals surface area contributed by atoms with Crippen molar-refractivity contribution in [3.8, 4) is 67.3 Å². The molecule has 0 atom stereocenters. The van der Waals surface area contributed by atoms with Crippen LogP contribution in [-0.2, 0) is 0 Å². The number of fused-ring (bicyclic) bond motifs is 8. The van der Waals surface area contributed by atoms with Crippen molar-refractivity contribution in [3.63, 3.8) is 0 Å². The lowest BCUT2D eigenvalue weighted by atomic mass is 9.85. The van der Waals surface area contributed by atoms with E-state index in [0.717, 1.165) is 116 Å². The van der Waals surface area contributed by atoms with Crippen molar-refractivity contribution in [2.75, 3.05) is 0 Å². The summed E-state index contributed by atoms with van der Waals surface area (Å²) in [6, 6.07) is 85.2. The molecule has 3 heterocycles. The molecule has 0 aliphatic heterocycles. The molecule has 0 spiro atoms. The van der Waals surface area contributed by atoms with Crippen LogP contribution in [-0.4, -0.2) is 9.97 Å². The predicted octanol–water partition coefficient (Wildman–Crippen LogP) is 18.1. The molecule has 3 nitrogen and oxygen atoms in total. The fourth-order valence-corrected chi connectivity index (χ4v) is 11.0. The summed E-state index contributed by atoms with van der Waals surface area (Å²) in [6.45, 7) is 0. The minimum Gasteiger partial charge on any atom is -0.455 e. The first-order valence-electron chi connectivity index (χ1n) is 23.6. The molecule has 0 radical (unpaired) electrons. The third kappa shape index (κ3) is 6.21. The molecule has 0 unspecified atom stereocenters. The van der Waals surface area contributed by atoms with Crippen LogP contribution in [0.1, 0.15) is 0 Å². The molecule has 11 aromatic carbocycles. The van der Waals surface area contributed by atoms with Gasteiger partial charge in [0.25, 0.3) is 0 Å². The van der Waals surface area contributed by atoms with Crippen molar-refractivity contribution in [3.05, 3.63) is 243 Å². The van der Waals surface area contributed by atoms with Crippen LogP contribution in [0.15, 0.2) is 247 Å². The van der Waals surface area contributed by atoms with Crippen LogP contribution in [0.4, 0.5) is 0 Å². The van der Waals surface area contributed by atoms with Crippen molar-refractivity contribution in [1.29, 1.82) is 0 Å². The van der Waals surface area contributed by atoms with Crippen molar-refractivity contribution >= 4 is 75.7 Å². The molecule has 69 heavy (non-hydrogen) atoms. The first-order valence-corrected chi connectivity index (χ1v) is 23.6. The van der Waals surface area contributed by atoms with E-state index in [2.05, 4.69) is 231 Å². The van der Waals surface area contributed by atoms with Gasteiger partial charge < -0.3 is 4.42 Å². The van der Waals surface area contributed by atoms with Gasteiger partial charge in [0.1, 0.15) is 11.5 Å². The Morgan fingerprint density at radius 3 is 1.19 bits per heavy atom. The van der Waals surface area contributed by atoms with Gasteiger partial charge in [0, 0.05) is 44.8 Å². The van der Waals surface area contributed by atoms with E-state index < -0.39 is 0 Å². The van der Waals surface area contributed by atoms with E-state index in [4.69, 9.17) is 14.4 Å². The maximum atomic E-state index is 7.67. The van der Waals surface area contributed by atoms with Crippen LogP contribution in [0.2, 0.25) is 0 Å². The standard InChI is InChI=1S/C66H40N2O/c1-4-22-46-41(15-1)18-11-29-56(46)61-62(57-30-12-19-42-16-2-5-23-47(42)57)66(69-65(61)58-31-13-20-43-17-3-6-24-48(43)58)59-38-36-54(50-26-8-10-28-52(50)59)53-35-37-55(51-27-9-7-25-49(51)53)60-39-34-45-33-32-44-21-14-40-67-63(44)64(45)68-60/h1-40H. The van der Waals surface area contributed by atoms with Gasteiger partial charge >= 0.3 is 0 Å². The van der Waals surface area contributed by atoms with Gasteiger partial charge in [-0.15, -0.1) is 0 Å². The molecular formula is C66H40N2O. The lowest BCUT2D eigenvalue weighted by molar-refractivity contribution is 0.600. The molecule has 0 amide bonds. The maximum Gasteiger partial charge on any atom is 0.143 e. The van der Waals surface area contributed by atoms with E-state index >= 15 is 0 Å². The molecule has 0 fully saturated rings. The number of pyridine rings is 2. The predicted molar refractivity (Wildman–Crippen MR) is 289 cm³/mol. The molecule has 320 valence electrons. The largest absolute Gasteiger partial charge is 0.455 e. The number of hydrogen-bond donors (Lipinski definition) is 0. The Balaban J connectivity index is 1.04. The number of furan rings is 1. The minimum atomic E-state index is 0.838. The Bertz CT molecular complexity index is 4370. The molecule has 14 aromatic rings. The van der Waals surface area contributed by atoms with Gasteiger partial charge in [0.2, 0.25) is 0 Å². The Kier molecular flexibility index (Phi) is 8.90. The Hall–Kier alpha value is -9.18. The van der Waals surface area contributed by atoms with Crippen LogP contribution >= 0.6 is 0 Å². The summed E-state index contributed by atoms with van der Waals surface area (Å²) in [5.74, 6) is 1.69. The van der Waals surface area contributed by atoms with Gasteiger partial charge in [-0.1, -0.05) is 218 Å². The normalized spacial score (nSPS) is 11.8. The monoisotopic (exact) mass is 876 g/mol. The third-order valence-electron chi connectivity index (χ3n) is 14.2. The zero-order valence-corrected chi connectivity index (χ0v) is 37.4. The maximum absolute atomic E-state index is 7.67. The van der Waals surface area contributed by atoms with E-state index in [-0.39, 0.29) is 0 Å². The van der Waals surface area contributed by atoms with Crippen LogP contribution in [0.5, 0.6) is 0 Å². The fourth-order valence-electron chi connectivity index (χ4n) is 11.0. The molecule has 3 aromatic heterocycles. The smallest absolute Gasteiger partial charge is 0.143 e. The molecule has 0 bridgehead atoms. The van der Waals surface area contributed by atoms with Gasteiger partial charge in [-0.3, -0.25) is 4.98 Å². The number of hydrogen-bond acceptors (Lipinski definition) is 3. The summed E-state index contributed by atoms with van der Waals surface area (Å²) in [4.78, 5) is 10.0. The number of aromatic nitrogens is 2. The number of nitrogens with zero attached hydrogens (tertiary/aromatic N) is 2. The minimum absolute atomic E-state index is 0.838. The Morgan fingerprint density at radius 2 is 0.623 bits per heavy atom. The summed E-state index contributed by atoms with van der Waals surface area (Å²) in [5, 5.41) is 13.7. The Morgan fingerprint density at radius 1 is 0.246 bits per heavy atom. The van der Waals surface area contributed by atoms with E-state index in [1.165, 1.54) is 26.9 Å². The second-order valence-corrected chi connectivity index (χ2v) is 17.9. The summed E-state index contributed by atoms with van der Waals surface area (Å²) in [5.41, 5.74) is 12.6. The van der Waals surface area contributed by atoms with Crippen molar-refractivity contribution < 1.29 is 4.42 Å². The molecule has 0 aliphatic carbocycles. The molecule has 0 N–H and O–H groups in total. The highest BCUT2D eigenvalue weighted by molar-refractivity contribution is 6.17. The van der Waals surface area contributed by atoms with E-state index in [9.17, 15) is 0 Å². The number of rotatable bonds is 6. The van der Waals surface area contributed by atoms with Crippen LogP contribution < -0.4 is 0 Å². The highest BCUT2D eigenvalue weighted by Gasteiger charge is 2.29. The lowest BCUT2D eigenvalue weighted by Gasteiger charge is -2.16.